The topological polar surface area (TPSA) is 46.2 Å². The zero-order chi connectivity index (χ0) is 9.84. The minimum atomic E-state index is -0.642. The van der Waals surface area contributed by atoms with Gasteiger partial charge < -0.3 is 10.8 Å². The summed E-state index contributed by atoms with van der Waals surface area (Å²) in [6.07, 6.45) is 2.14. The van der Waals surface area contributed by atoms with Crippen LogP contribution in [0.1, 0.15) is 18.0 Å². The largest absolute Gasteiger partial charge is 0.505 e. The van der Waals surface area contributed by atoms with Gasteiger partial charge in [-0.3, -0.25) is 0 Å². The van der Waals surface area contributed by atoms with Crippen LogP contribution in [0.5, 0.6) is 5.75 Å². The number of hydrogen-bond donors (Lipinski definition) is 2. The van der Waals surface area contributed by atoms with Gasteiger partial charge in [0, 0.05) is 11.6 Å². The predicted octanol–water partition coefficient (Wildman–Crippen LogP) is 2.53. The smallest absolute Gasteiger partial charge is 0.165 e. The highest BCUT2D eigenvalue weighted by Gasteiger charge is 2.11. The number of phenolic OH excluding ortho intramolecular Hbond substituents is 1. The summed E-state index contributed by atoms with van der Waals surface area (Å²) >= 11 is 0. The van der Waals surface area contributed by atoms with E-state index in [-0.39, 0.29) is 18.2 Å². The normalized spacial score (nSPS) is 11.6. The average Bonchev–Trinajstić information content (AvgIpc) is 2.10. The molecular weight excluding hydrogens is 205 g/mol. The number of aromatic hydroxyl groups is 1. The SMILES string of the molecule is C=CC[C@H](N)c1cccc(F)c1O.Cl. The molecule has 0 heterocycles. The molecule has 0 fully saturated rings. The van der Waals surface area contributed by atoms with Crippen LogP contribution >= 0.6 is 12.4 Å². The number of benzene rings is 1. The molecule has 0 saturated heterocycles. The summed E-state index contributed by atoms with van der Waals surface area (Å²) in [4.78, 5) is 0. The summed E-state index contributed by atoms with van der Waals surface area (Å²) in [6, 6.07) is 3.92. The van der Waals surface area contributed by atoms with Crippen LogP contribution in [0.2, 0.25) is 0 Å². The Bertz CT molecular complexity index is 317. The first-order valence-corrected chi connectivity index (χ1v) is 4.00. The maximum absolute atomic E-state index is 12.8. The molecule has 1 aromatic rings. The minimum Gasteiger partial charge on any atom is -0.505 e. The highest BCUT2D eigenvalue weighted by molar-refractivity contribution is 5.85. The third-order valence-electron chi connectivity index (χ3n) is 1.84. The maximum Gasteiger partial charge on any atom is 0.165 e. The van der Waals surface area contributed by atoms with E-state index in [1.54, 1.807) is 12.1 Å². The van der Waals surface area contributed by atoms with Crippen LogP contribution in [0.15, 0.2) is 30.9 Å². The van der Waals surface area contributed by atoms with Crippen molar-refractivity contribution in [3.63, 3.8) is 0 Å². The molecule has 0 saturated carbocycles. The Morgan fingerprint density at radius 2 is 2.21 bits per heavy atom. The summed E-state index contributed by atoms with van der Waals surface area (Å²) in [5.41, 5.74) is 6.09. The van der Waals surface area contributed by atoms with Crippen molar-refractivity contribution < 1.29 is 9.50 Å². The van der Waals surface area contributed by atoms with E-state index >= 15 is 0 Å². The van der Waals surface area contributed by atoms with Crippen molar-refractivity contribution in [2.45, 2.75) is 12.5 Å². The molecule has 0 unspecified atom stereocenters. The summed E-state index contributed by atoms with van der Waals surface area (Å²) in [6.45, 7) is 3.52. The van der Waals surface area contributed by atoms with E-state index in [0.717, 1.165) is 0 Å². The lowest BCUT2D eigenvalue weighted by Gasteiger charge is -2.11. The molecule has 0 spiro atoms. The van der Waals surface area contributed by atoms with E-state index < -0.39 is 11.9 Å². The molecule has 0 aromatic heterocycles. The molecule has 0 aliphatic heterocycles. The van der Waals surface area contributed by atoms with Gasteiger partial charge in [0.05, 0.1) is 0 Å². The third kappa shape index (κ3) is 2.72. The fourth-order valence-corrected chi connectivity index (χ4v) is 1.14. The summed E-state index contributed by atoms with van der Waals surface area (Å²) < 4.78 is 12.8. The lowest BCUT2D eigenvalue weighted by Crippen LogP contribution is -2.09. The first-order valence-electron chi connectivity index (χ1n) is 4.00. The average molecular weight is 218 g/mol. The summed E-state index contributed by atoms with van der Waals surface area (Å²) in [7, 11) is 0. The van der Waals surface area contributed by atoms with Crippen molar-refractivity contribution in [3.8, 4) is 5.75 Å². The molecular formula is C10H13ClFNO. The van der Waals surface area contributed by atoms with Crippen molar-refractivity contribution in [3.05, 3.63) is 42.2 Å². The molecule has 0 bridgehead atoms. The Labute approximate surface area is 88.7 Å². The van der Waals surface area contributed by atoms with Gasteiger partial charge in [0.25, 0.3) is 0 Å². The van der Waals surface area contributed by atoms with Gasteiger partial charge in [-0.2, -0.15) is 0 Å². The highest BCUT2D eigenvalue weighted by Crippen LogP contribution is 2.27. The molecule has 0 radical (unpaired) electrons. The molecule has 78 valence electrons. The Morgan fingerprint density at radius 3 is 2.79 bits per heavy atom. The van der Waals surface area contributed by atoms with Gasteiger partial charge in [0.2, 0.25) is 0 Å². The monoisotopic (exact) mass is 217 g/mol. The molecule has 2 nitrogen and oxygen atoms in total. The zero-order valence-electron chi connectivity index (χ0n) is 7.61. The van der Waals surface area contributed by atoms with Gasteiger partial charge in [0.15, 0.2) is 11.6 Å². The number of hydrogen-bond acceptors (Lipinski definition) is 2. The van der Waals surface area contributed by atoms with Gasteiger partial charge in [-0.15, -0.1) is 19.0 Å². The Morgan fingerprint density at radius 1 is 1.57 bits per heavy atom. The van der Waals surface area contributed by atoms with Gasteiger partial charge in [-0.25, -0.2) is 4.39 Å². The van der Waals surface area contributed by atoms with E-state index in [2.05, 4.69) is 6.58 Å². The minimum absolute atomic E-state index is 0. The van der Waals surface area contributed by atoms with E-state index in [4.69, 9.17) is 5.73 Å². The number of para-hydroxylation sites is 1. The highest BCUT2D eigenvalue weighted by atomic mass is 35.5. The van der Waals surface area contributed by atoms with Crippen molar-refractivity contribution in [1.29, 1.82) is 0 Å². The van der Waals surface area contributed by atoms with Crippen LogP contribution in [-0.4, -0.2) is 5.11 Å². The molecule has 1 rings (SSSR count). The fraction of sp³-hybridized carbons (Fsp3) is 0.200. The predicted molar refractivity (Wildman–Crippen MR) is 57.1 cm³/mol. The van der Waals surface area contributed by atoms with Crippen LogP contribution in [0.3, 0.4) is 0 Å². The van der Waals surface area contributed by atoms with E-state index in [0.29, 0.717) is 12.0 Å². The standard InChI is InChI=1S/C10H12FNO.ClH/c1-2-4-9(12)7-5-3-6-8(11)10(7)13;/h2-3,5-6,9,13H,1,4,12H2;1H/t9-;/m0./s1. The number of phenols is 1. The summed E-state index contributed by atoms with van der Waals surface area (Å²) in [5.74, 6) is -1.01. The Balaban J connectivity index is 0.00000169. The van der Waals surface area contributed by atoms with Crippen molar-refractivity contribution in [1.82, 2.24) is 0 Å². The molecule has 1 atom stereocenters. The number of nitrogens with two attached hydrogens (primary N) is 1. The molecule has 0 amide bonds. The Kier molecular flexibility index (Phi) is 5.20. The second kappa shape index (κ2) is 5.62. The molecule has 1 aromatic carbocycles. The lowest BCUT2D eigenvalue weighted by atomic mass is 10.0. The first-order chi connectivity index (χ1) is 6.16. The van der Waals surface area contributed by atoms with Crippen LogP contribution in [-0.2, 0) is 0 Å². The van der Waals surface area contributed by atoms with Gasteiger partial charge in [-0.05, 0) is 12.5 Å². The quantitative estimate of drug-likeness (QED) is 0.765. The lowest BCUT2D eigenvalue weighted by molar-refractivity contribution is 0.420. The molecule has 0 aliphatic carbocycles. The van der Waals surface area contributed by atoms with Crippen LogP contribution in [0, 0.1) is 5.82 Å². The van der Waals surface area contributed by atoms with Gasteiger partial charge in [0.1, 0.15) is 0 Å². The molecule has 4 heteroatoms. The molecule has 14 heavy (non-hydrogen) atoms. The molecule has 3 N–H and O–H groups in total. The number of rotatable bonds is 3. The number of halogens is 2. The van der Waals surface area contributed by atoms with Crippen molar-refractivity contribution in [2.24, 2.45) is 5.73 Å². The second-order valence-corrected chi connectivity index (χ2v) is 2.81. The van der Waals surface area contributed by atoms with Crippen molar-refractivity contribution in [2.75, 3.05) is 0 Å². The van der Waals surface area contributed by atoms with E-state index in [1.807, 2.05) is 0 Å². The third-order valence-corrected chi connectivity index (χ3v) is 1.84. The van der Waals surface area contributed by atoms with E-state index in [1.165, 1.54) is 12.1 Å². The molecule has 0 aliphatic rings. The van der Waals surface area contributed by atoms with Crippen LogP contribution < -0.4 is 5.73 Å². The first kappa shape index (κ1) is 12.9. The second-order valence-electron chi connectivity index (χ2n) is 2.81. The van der Waals surface area contributed by atoms with Gasteiger partial charge >= 0.3 is 0 Å². The van der Waals surface area contributed by atoms with Crippen LogP contribution in [0.4, 0.5) is 4.39 Å². The van der Waals surface area contributed by atoms with Crippen LogP contribution in [0.25, 0.3) is 0 Å². The van der Waals surface area contributed by atoms with Crippen molar-refractivity contribution >= 4 is 12.4 Å². The Hall–Kier alpha value is -1.06. The van der Waals surface area contributed by atoms with Gasteiger partial charge in [-0.1, -0.05) is 18.2 Å². The zero-order valence-corrected chi connectivity index (χ0v) is 8.43. The summed E-state index contributed by atoms with van der Waals surface area (Å²) in [5, 5.41) is 9.31. The maximum atomic E-state index is 12.8. The fourth-order valence-electron chi connectivity index (χ4n) is 1.14. The van der Waals surface area contributed by atoms with E-state index in [9.17, 15) is 9.50 Å².